The number of ether oxygens (including phenoxy) is 1. The summed E-state index contributed by atoms with van der Waals surface area (Å²) in [4.78, 5) is 5.84. The molecule has 0 aliphatic heterocycles. The van der Waals surface area contributed by atoms with Gasteiger partial charge in [-0.15, -0.1) is 0 Å². The third-order valence-corrected chi connectivity index (χ3v) is 4.82. The van der Waals surface area contributed by atoms with Gasteiger partial charge in [0.2, 0.25) is 5.69 Å². The molecule has 3 rings (SSSR count). The summed E-state index contributed by atoms with van der Waals surface area (Å²) in [6, 6.07) is 8.51. The maximum Gasteiger partial charge on any atom is 0.265 e. The molecule has 2 aromatic carbocycles. The SMILES string of the molecule is [C-]#[N+]c1ccc(Oc2ccc(S(=O)(=O)Nc3ccc(F)cn3)c(F)c2)cc1F. The van der Waals surface area contributed by atoms with Gasteiger partial charge in [-0.05, 0) is 36.4 Å². The van der Waals surface area contributed by atoms with Gasteiger partial charge in [-0.2, -0.15) is 0 Å². The topological polar surface area (TPSA) is 72.7 Å². The predicted molar refractivity (Wildman–Crippen MR) is 94.1 cm³/mol. The van der Waals surface area contributed by atoms with Gasteiger partial charge < -0.3 is 4.74 Å². The van der Waals surface area contributed by atoms with E-state index in [1.54, 1.807) is 0 Å². The summed E-state index contributed by atoms with van der Waals surface area (Å²) in [5, 5.41) is 0. The highest BCUT2D eigenvalue weighted by Gasteiger charge is 2.20. The highest BCUT2D eigenvalue weighted by molar-refractivity contribution is 7.92. The summed E-state index contributed by atoms with van der Waals surface area (Å²) in [5.41, 5.74) is -0.194. The third-order valence-electron chi connectivity index (χ3n) is 3.43. The van der Waals surface area contributed by atoms with Gasteiger partial charge in [-0.3, -0.25) is 4.72 Å². The quantitative estimate of drug-likeness (QED) is 0.628. The maximum atomic E-state index is 14.3. The van der Waals surface area contributed by atoms with Crippen LogP contribution in [0.3, 0.4) is 0 Å². The fourth-order valence-corrected chi connectivity index (χ4v) is 3.24. The first-order chi connectivity index (χ1) is 13.3. The van der Waals surface area contributed by atoms with E-state index >= 15 is 0 Å². The van der Waals surface area contributed by atoms with E-state index in [2.05, 4.69) is 9.83 Å². The van der Waals surface area contributed by atoms with Crippen LogP contribution in [-0.4, -0.2) is 13.4 Å². The molecule has 0 fully saturated rings. The zero-order valence-electron chi connectivity index (χ0n) is 13.9. The zero-order valence-corrected chi connectivity index (χ0v) is 14.7. The smallest absolute Gasteiger partial charge is 0.265 e. The van der Waals surface area contributed by atoms with Crippen LogP contribution in [-0.2, 0) is 10.0 Å². The molecule has 0 radical (unpaired) electrons. The van der Waals surface area contributed by atoms with Crippen molar-refractivity contribution in [2.45, 2.75) is 4.90 Å². The van der Waals surface area contributed by atoms with E-state index in [0.29, 0.717) is 0 Å². The first-order valence-corrected chi connectivity index (χ1v) is 9.05. The van der Waals surface area contributed by atoms with Crippen molar-refractivity contribution in [3.8, 4) is 11.5 Å². The second kappa shape index (κ2) is 7.58. The van der Waals surface area contributed by atoms with Crippen molar-refractivity contribution in [2.24, 2.45) is 0 Å². The van der Waals surface area contributed by atoms with Crippen molar-refractivity contribution in [1.29, 1.82) is 0 Å². The molecule has 1 heterocycles. The molecule has 0 saturated carbocycles. The van der Waals surface area contributed by atoms with Crippen LogP contribution < -0.4 is 9.46 Å². The van der Waals surface area contributed by atoms with Crippen molar-refractivity contribution in [3.63, 3.8) is 0 Å². The first kappa shape index (κ1) is 19.2. The molecule has 6 nitrogen and oxygen atoms in total. The summed E-state index contributed by atoms with van der Waals surface area (Å²) < 4.78 is 72.7. The van der Waals surface area contributed by atoms with E-state index in [9.17, 15) is 21.6 Å². The van der Waals surface area contributed by atoms with Gasteiger partial charge in [0.05, 0.1) is 12.8 Å². The summed E-state index contributed by atoms with van der Waals surface area (Å²) >= 11 is 0. The van der Waals surface area contributed by atoms with Crippen molar-refractivity contribution in [2.75, 3.05) is 4.72 Å². The van der Waals surface area contributed by atoms with E-state index in [1.807, 2.05) is 4.72 Å². The molecule has 3 aromatic rings. The summed E-state index contributed by atoms with van der Waals surface area (Å²) in [7, 11) is -4.32. The fourth-order valence-electron chi connectivity index (χ4n) is 2.17. The van der Waals surface area contributed by atoms with E-state index in [4.69, 9.17) is 11.3 Å². The van der Waals surface area contributed by atoms with Gasteiger partial charge in [0.1, 0.15) is 39.7 Å². The Bertz CT molecular complexity index is 1180. The third kappa shape index (κ3) is 4.21. The molecule has 0 bridgehead atoms. The van der Waals surface area contributed by atoms with Gasteiger partial charge >= 0.3 is 0 Å². The van der Waals surface area contributed by atoms with E-state index in [-0.39, 0.29) is 23.0 Å². The average molecular weight is 405 g/mol. The molecule has 1 aromatic heterocycles. The fraction of sp³-hybridized carbons (Fsp3) is 0. The molecular formula is C18H10F3N3O3S. The minimum absolute atomic E-state index is 0.00791. The monoisotopic (exact) mass is 405 g/mol. The molecule has 142 valence electrons. The Kier molecular flexibility index (Phi) is 5.19. The zero-order chi connectivity index (χ0) is 20.3. The van der Waals surface area contributed by atoms with Gasteiger partial charge in [0.15, 0.2) is 0 Å². The Balaban J connectivity index is 1.82. The molecular weight excluding hydrogens is 395 g/mol. The van der Waals surface area contributed by atoms with Crippen LogP contribution in [0.4, 0.5) is 24.7 Å². The number of anilines is 1. The number of aromatic nitrogens is 1. The Labute approximate surface area is 158 Å². The lowest BCUT2D eigenvalue weighted by Gasteiger charge is -2.10. The van der Waals surface area contributed by atoms with E-state index in [0.717, 1.165) is 36.5 Å². The first-order valence-electron chi connectivity index (χ1n) is 7.57. The Hall–Kier alpha value is -3.58. The standard InChI is InChI=1S/C18H10F3N3O3S/c1-22-16-5-3-12(8-14(16)20)27-13-4-6-17(15(21)9-13)28(25,26)24-18-7-2-11(19)10-23-18/h2-10H,(H,23,24). The lowest BCUT2D eigenvalue weighted by molar-refractivity contribution is 0.469. The summed E-state index contributed by atoms with van der Waals surface area (Å²) in [6.07, 6.45) is 0.809. The van der Waals surface area contributed by atoms with Crippen molar-refractivity contribution in [3.05, 3.63) is 83.6 Å². The number of nitrogens with zero attached hydrogens (tertiary/aromatic N) is 2. The van der Waals surface area contributed by atoms with Gasteiger partial charge in [-0.1, -0.05) is 0 Å². The van der Waals surface area contributed by atoms with Crippen LogP contribution >= 0.6 is 0 Å². The number of benzene rings is 2. The van der Waals surface area contributed by atoms with Crippen LogP contribution in [0.5, 0.6) is 11.5 Å². The minimum atomic E-state index is -4.32. The van der Waals surface area contributed by atoms with Gasteiger partial charge in [0, 0.05) is 12.1 Å². The molecule has 0 aliphatic carbocycles. The molecule has 0 atom stereocenters. The lowest BCUT2D eigenvalue weighted by atomic mass is 10.3. The van der Waals surface area contributed by atoms with Crippen molar-refractivity contribution < 1.29 is 26.3 Å². The van der Waals surface area contributed by atoms with Crippen LogP contribution in [0.2, 0.25) is 0 Å². The van der Waals surface area contributed by atoms with Crippen molar-refractivity contribution >= 4 is 21.5 Å². The number of nitrogens with one attached hydrogen (secondary N) is 1. The molecule has 0 aliphatic rings. The Morgan fingerprint density at radius 1 is 0.964 bits per heavy atom. The molecule has 10 heteroatoms. The molecule has 0 unspecified atom stereocenters. The molecule has 0 amide bonds. The normalized spacial score (nSPS) is 10.9. The van der Waals surface area contributed by atoms with Crippen LogP contribution in [0.1, 0.15) is 0 Å². The highest BCUT2D eigenvalue weighted by Crippen LogP contribution is 2.29. The van der Waals surface area contributed by atoms with Crippen molar-refractivity contribution in [1.82, 2.24) is 4.98 Å². The van der Waals surface area contributed by atoms with Crippen LogP contribution in [0, 0.1) is 24.0 Å². The number of hydrogen-bond donors (Lipinski definition) is 1. The summed E-state index contributed by atoms with van der Waals surface area (Å²) in [5.74, 6) is -2.83. The molecule has 28 heavy (non-hydrogen) atoms. The van der Waals surface area contributed by atoms with Crippen LogP contribution in [0.15, 0.2) is 59.6 Å². The second-order valence-corrected chi connectivity index (χ2v) is 7.04. The number of halogens is 3. The van der Waals surface area contributed by atoms with Crippen LogP contribution in [0.25, 0.3) is 4.85 Å². The largest absolute Gasteiger partial charge is 0.457 e. The predicted octanol–water partition coefficient (Wildman–Crippen LogP) is 4.64. The molecule has 0 saturated heterocycles. The number of hydrogen-bond acceptors (Lipinski definition) is 4. The number of sulfonamides is 1. The number of rotatable bonds is 5. The Morgan fingerprint density at radius 3 is 2.21 bits per heavy atom. The van der Waals surface area contributed by atoms with Gasteiger partial charge in [0.25, 0.3) is 10.0 Å². The highest BCUT2D eigenvalue weighted by atomic mass is 32.2. The van der Waals surface area contributed by atoms with E-state index in [1.165, 1.54) is 18.2 Å². The molecule has 1 N–H and O–H groups in total. The second-order valence-electron chi connectivity index (χ2n) is 5.39. The number of pyridine rings is 1. The van der Waals surface area contributed by atoms with Gasteiger partial charge in [-0.25, -0.2) is 31.4 Å². The average Bonchev–Trinajstić information content (AvgIpc) is 2.63. The minimum Gasteiger partial charge on any atom is -0.457 e. The maximum absolute atomic E-state index is 14.3. The summed E-state index contributed by atoms with van der Waals surface area (Å²) in [6.45, 7) is 6.79. The lowest BCUT2D eigenvalue weighted by Crippen LogP contribution is -2.15. The molecule has 0 spiro atoms. The Morgan fingerprint density at radius 2 is 1.64 bits per heavy atom. The van der Waals surface area contributed by atoms with E-state index < -0.39 is 32.4 Å².